The highest BCUT2D eigenvalue weighted by Gasteiger charge is 2.47. The van der Waals surface area contributed by atoms with Crippen LogP contribution in [0.4, 0.5) is 0 Å². The molecule has 1 saturated heterocycles. The van der Waals surface area contributed by atoms with Gasteiger partial charge in [-0.05, 0) is 48.8 Å². The molecule has 2 atom stereocenters. The SMILES string of the molecule is CCc1ccc(S(C)(=O)=O)cc1C(=O)N1C[C@H](C(=O)O)[C@@H](C2CC2)C1. The van der Waals surface area contributed by atoms with Gasteiger partial charge in [0.15, 0.2) is 9.84 Å². The van der Waals surface area contributed by atoms with Crippen LogP contribution < -0.4 is 0 Å². The third-order valence-corrected chi connectivity index (χ3v) is 6.43. The molecule has 1 saturated carbocycles. The second-order valence-corrected chi connectivity index (χ2v) is 9.12. The van der Waals surface area contributed by atoms with Crippen LogP contribution >= 0.6 is 0 Å². The molecule has 6 nitrogen and oxygen atoms in total. The maximum atomic E-state index is 13.0. The molecule has 25 heavy (non-hydrogen) atoms. The fourth-order valence-electron chi connectivity index (χ4n) is 3.72. The molecule has 1 aromatic rings. The number of sulfone groups is 1. The van der Waals surface area contributed by atoms with Gasteiger partial charge in [0.25, 0.3) is 5.91 Å². The Hall–Kier alpha value is -1.89. The monoisotopic (exact) mass is 365 g/mol. The average Bonchev–Trinajstić information content (AvgIpc) is 3.30. The Morgan fingerprint density at radius 3 is 2.44 bits per heavy atom. The molecule has 0 spiro atoms. The van der Waals surface area contributed by atoms with Crippen LogP contribution in [0.1, 0.15) is 35.7 Å². The Kier molecular flexibility index (Phi) is 4.62. The van der Waals surface area contributed by atoms with Crippen LogP contribution in [0.15, 0.2) is 23.1 Å². The minimum absolute atomic E-state index is 0.00427. The highest BCUT2D eigenvalue weighted by molar-refractivity contribution is 7.90. The molecule has 1 N–H and O–H groups in total. The Morgan fingerprint density at radius 1 is 1.24 bits per heavy atom. The van der Waals surface area contributed by atoms with Gasteiger partial charge in [0.2, 0.25) is 0 Å². The number of nitrogens with zero attached hydrogens (tertiary/aromatic N) is 1. The first kappa shape index (κ1) is 17.9. The molecule has 136 valence electrons. The topological polar surface area (TPSA) is 91.8 Å². The van der Waals surface area contributed by atoms with Gasteiger partial charge in [-0.3, -0.25) is 9.59 Å². The highest BCUT2D eigenvalue weighted by Crippen LogP contribution is 2.44. The molecule has 1 aliphatic heterocycles. The van der Waals surface area contributed by atoms with E-state index in [9.17, 15) is 23.1 Å². The third kappa shape index (κ3) is 3.56. The smallest absolute Gasteiger partial charge is 0.308 e. The van der Waals surface area contributed by atoms with Crippen LogP contribution in [0, 0.1) is 17.8 Å². The predicted octanol–water partition coefficient (Wildman–Crippen LogP) is 1.84. The molecule has 1 aromatic carbocycles. The van der Waals surface area contributed by atoms with Gasteiger partial charge in [-0.15, -0.1) is 0 Å². The van der Waals surface area contributed by atoms with E-state index in [4.69, 9.17) is 0 Å². The van der Waals surface area contributed by atoms with E-state index in [2.05, 4.69) is 0 Å². The first-order valence-corrected chi connectivity index (χ1v) is 10.5. The lowest BCUT2D eigenvalue weighted by Crippen LogP contribution is -2.30. The molecule has 2 aliphatic rings. The largest absolute Gasteiger partial charge is 0.481 e. The van der Waals surface area contributed by atoms with Gasteiger partial charge >= 0.3 is 5.97 Å². The zero-order chi connectivity index (χ0) is 18.4. The standard InChI is InChI=1S/C18H23NO5S/c1-3-11-6-7-13(25(2,23)24)8-14(11)17(20)19-9-15(12-4-5-12)16(10-19)18(21)22/h6-8,12,15-16H,3-5,9-10H2,1-2H3,(H,21,22)/t15-,16+/m1/s1. The van der Waals surface area contributed by atoms with Crippen LogP contribution in [0.25, 0.3) is 0 Å². The Morgan fingerprint density at radius 2 is 1.92 bits per heavy atom. The first-order valence-electron chi connectivity index (χ1n) is 8.57. The highest BCUT2D eigenvalue weighted by atomic mass is 32.2. The minimum Gasteiger partial charge on any atom is -0.481 e. The van der Waals surface area contributed by atoms with Crippen molar-refractivity contribution in [3.63, 3.8) is 0 Å². The van der Waals surface area contributed by atoms with Crippen LogP contribution in [0.3, 0.4) is 0 Å². The second-order valence-electron chi connectivity index (χ2n) is 7.10. The zero-order valence-corrected chi connectivity index (χ0v) is 15.3. The molecule has 0 aromatic heterocycles. The number of benzene rings is 1. The fourth-order valence-corrected chi connectivity index (χ4v) is 4.37. The lowest BCUT2D eigenvalue weighted by Gasteiger charge is -2.19. The molecule has 1 heterocycles. The summed E-state index contributed by atoms with van der Waals surface area (Å²) in [7, 11) is -3.41. The van der Waals surface area contributed by atoms with Crippen molar-refractivity contribution in [2.45, 2.75) is 31.1 Å². The van der Waals surface area contributed by atoms with E-state index in [0.717, 1.165) is 24.7 Å². The molecule has 7 heteroatoms. The summed E-state index contributed by atoms with van der Waals surface area (Å²) in [6.07, 6.45) is 3.77. The number of likely N-dealkylation sites (tertiary alicyclic amines) is 1. The number of hydrogen-bond acceptors (Lipinski definition) is 4. The zero-order valence-electron chi connectivity index (χ0n) is 14.4. The Bertz CT molecular complexity index is 813. The van der Waals surface area contributed by atoms with Gasteiger partial charge in [0.1, 0.15) is 0 Å². The summed E-state index contributed by atoms with van der Waals surface area (Å²) >= 11 is 0. The molecular weight excluding hydrogens is 342 g/mol. The molecule has 0 bridgehead atoms. The van der Waals surface area contributed by atoms with Crippen molar-refractivity contribution in [2.24, 2.45) is 17.8 Å². The van der Waals surface area contributed by atoms with E-state index < -0.39 is 21.7 Å². The van der Waals surface area contributed by atoms with E-state index in [-0.39, 0.29) is 23.3 Å². The molecule has 0 unspecified atom stereocenters. The number of hydrogen-bond donors (Lipinski definition) is 1. The molecular formula is C18H23NO5S. The second kappa shape index (κ2) is 6.44. The van der Waals surface area contributed by atoms with E-state index in [1.54, 1.807) is 11.0 Å². The van der Waals surface area contributed by atoms with Crippen molar-refractivity contribution in [3.05, 3.63) is 29.3 Å². The van der Waals surface area contributed by atoms with E-state index in [0.29, 0.717) is 24.4 Å². The minimum atomic E-state index is -3.41. The lowest BCUT2D eigenvalue weighted by molar-refractivity contribution is -0.142. The van der Waals surface area contributed by atoms with E-state index >= 15 is 0 Å². The van der Waals surface area contributed by atoms with Crippen molar-refractivity contribution in [2.75, 3.05) is 19.3 Å². The van der Waals surface area contributed by atoms with E-state index in [1.807, 2.05) is 6.92 Å². The summed E-state index contributed by atoms with van der Waals surface area (Å²) in [6, 6.07) is 4.62. The fraction of sp³-hybridized carbons (Fsp3) is 0.556. The average molecular weight is 365 g/mol. The number of aliphatic carboxylic acids is 1. The van der Waals surface area contributed by atoms with Crippen molar-refractivity contribution >= 4 is 21.7 Å². The summed E-state index contributed by atoms with van der Waals surface area (Å²) in [6.45, 7) is 2.54. The molecule has 1 amide bonds. The summed E-state index contributed by atoms with van der Waals surface area (Å²) in [5, 5.41) is 9.46. The summed E-state index contributed by atoms with van der Waals surface area (Å²) in [4.78, 5) is 26.2. The number of carboxylic acid groups (broad SMARTS) is 1. The molecule has 2 fully saturated rings. The number of carbonyl (C=O) groups is 2. The normalized spacial score (nSPS) is 23.7. The number of aryl methyl sites for hydroxylation is 1. The maximum Gasteiger partial charge on any atom is 0.308 e. The van der Waals surface area contributed by atoms with Crippen LogP contribution in [0.5, 0.6) is 0 Å². The van der Waals surface area contributed by atoms with Crippen molar-refractivity contribution in [1.82, 2.24) is 4.90 Å². The number of amides is 1. The molecule has 0 radical (unpaired) electrons. The number of rotatable bonds is 5. The Labute approximate surface area is 147 Å². The van der Waals surface area contributed by atoms with Crippen molar-refractivity contribution in [1.29, 1.82) is 0 Å². The Balaban J connectivity index is 1.91. The predicted molar refractivity (Wildman–Crippen MR) is 92.2 cm³/mol. The lowest BCUT2D eigenvalue weighted by atomic mass is 9.92. The van der Waals surface area contributed by atoms with Gasteiger partial charge < -0.3 is 10.0 Å². The molecule has 1 aliphatic carbocycles. The van der Waals surface area contributed by atoms with Crippen LogP contribution in [-0.4, -0.2) is 49.6 Å². The maximum absolute atomic E-state index is 13.0. The van der Waals surface area contributed by atoms with Gasteiger partial charge in [0.05, 0.1) is 10.8 Å². The van der Waals surface area contributed by atoms with E-state index in [1.165, 1.54) is 12.1 Å². The van der Waals surface area contributed by atoms with Crippen molar-refractivity contribution in [3.8, 4) is 0 Å². The van der Waals surface area contributed by atoms with Gasteiger partial charge in [-0.2, -0.15) is 0 Å². The summed E-state index contributed by atoms with van der Waals surface area (Å²) < 4.78 is 23.6. The van der Waals surface area contributed by atoms with Crippen LogP contribution in [0.2, 0.25) is 0 Å². The van der Waals surface area contributed by atoms with Gasteiger partial charge in [0, 0.05) is 24.9 Å². The van der Waals surface area contributed by atoms with Gasteiger partial charge in [-0.1, -0.05) is 13.0 Å². The number of carboxylic acids is 1. The quantitative estimate of drug-likeness (QED) is 0.859. The van der Waals surface area contributed by atoms with Crippen LogP contribution in [-0.2, 0) is 21.1 Å². The summed E-state index contributed by atoms with van der Waals surface area (Å²) in [5.41, 5.74) is 1.14. The van der Waals surface area contributed by atoms with Crippen molar-refractivity contribution < 1.29 is 23.1 Å². The first-order chi connectivity index (χ1) is 11.7. The third-order valence-electron chi connectivity index (χ3n) is 5.32. The number of carbonyl (C=O) groups excluding carboxylic acids is 1. The summed E-state index contributed by atoms with van der Waals surface area (Å²) in [5.74, 6) is -1.25. The molecule has 3 rings (SSSR count). The van der Waals surface area contributed by atoms with Gasteiger partial charge in [-0.25, -0.2) is 8.42 Å².